The first kappa shape index (κ1) is 23.0. The molecule has 2 heteroatoms. The van der Waals surface area contributed by atoms with Crippen LogP contribution in [0.3, 0.4) is 0 Å². The van der Waals surface area contributed by atoms with Crippen LogP contribution in [0.1, 0.15) is 80.1 Å². The molecule has 0 aromatic heterocycles. The van der Waals surface area contributed by atoms with E-state index in [1.807, 2.05) is 30.3 Å². The molecular formula is C20H37NO. The fourth-order valence-corrected chi connectivity index (χ4v) is 1.48. The lowest BCUT2D eigenvalue weighted by Gasteiger charge is -2.04. The van der Waals surface area contributed by atoms with Crippen molar-refractivity contribution in [1.82, 2.24) is 0 Å². The Labute approximate surface area is 138 Å². The Kier molecular flexibility index (Phi) is 18.5. The smallest absolute Gasteiger partial charge is 0.221 e. The van der Waals surface area contributed by atoms with Crippen molar-refractivity contribution in [2.45, 2.75) is 80.1 Å². The summed E-state index contributed by atoms with van der Waals surface area (Å²) in [6, 6.07) is 9.37. The van der Waals surface area contributed by atoms with Crippen molar-refractivity contribution in [1.29, 1.82) is 0 Å². The van der Waals surface area contributed by atoms with Crippen molar-refractivity contribution in [2.75, 3.05) is 5.32 Å². The molecule has 0 saturated heterocycles. The van der Waals surface area contributed by atoms with Crippen LogP contribution in [0.4, 0.5) is 5.69 Å². The molecule has 0 radical (unpaired) electrons. The molecule has 1 aromatic carbocycles. The fraction of sp³-hybridized carbons (Fsp3) is 0.650. The second kappa shape index (κ2) is 17.7. The zero-order valence-corrected chi connectivity index (χ0v) is 15.6. The highest BCUT2D eigenvalue weighted by Crippen LogP contribution is 2.09. The van der Waals surface area contributed by atoms with Gasteiger partial charge in [0.2, 0.25) is 5.91 Å². The molecule has 1 unspecified atom stereocenters. The zero-order chi connectivity index (χ0) is 17.2. The van der Waals surface area contributed by atoms with Gasteiger partial charge >= 0.3 is 0 Å². The third-order valence-electron chi connectivity index (χ3n) is 3.34. The maximum Gasteiger partial charge on any atom is 0.221 e. The monoisotopic (exact) mass is 307 g/mol. The molecule has 1 rings (SSSR count). The molecule has 1 aromatic rings. The third-order valence-corrected chi connectivity index (χ3v) is 3.34. The minimum absolute atomic E-state index is 0.0359. The van der Waals surface area contributed by atoms with Gasteiger partial charge in [0.25, 0.3) is 0 Å². The number of nitrogens with one attached hydrogen (secondary N) is 1. The topological polar surface area (TPSA) is 29.1 Å². The summed E-state index contributed by atoms with van der Waals surface area (Å²) in [5.41, 5.74) is 0.843. The van der Waals surface area contributed by atoms with Crippen molar-refractivity contribution in [3.8, 4) is 0 Å². The average molecular weight is 308 g/mol. The van der Waals surface area contributed by atoms with Crippen molar-refractivity contribution in [3.63, 3.8) is 0 Å². The Bertz CT molecular complexity index is 333. The highest BCUT2D eigenvalue weighted by atomic mass is 16.1. The lowest BCUT2D eigenvalue weighted by atomic mass is 10.0. The lowest BCUT2D eigenvalue weighted by molar-refractivity contribution is -0.114. The van der Waals surface area contributed by atoms with E-state index in [9.17, 15) is 4.79 Å². The number of carbonyl (C=O) groups is 1. The normalized spacial score (nSPS) is 10.5. The standard InChI is InChI=1S/C8H9NO.C8H18.C4H10/c1-7(10)9-8-5-3-2-4-6-8;1-4-6-7-8(3)5-2;1-3-4-2/h2-6H,1H3,(H,9,10);8H,4-7H2,1-3H3;3-4H2,1-2H3. The van der Waals surface area contributed by atoms with Crippen LogP contribution >= 0.6 is 0 Å². The zero-order valence-electron chi connectivity index (χ0n) is 15.6. The van der Waals surface area contributed by atoms with Gasteiger partial charge < -0.3 is 5.32 Å². The van der Waals surface area contributed by atoms with Gasteiger partial charge in [-0.15, -0.1) is 0 Å². The van der Waals surface area contributed by atoms with Gasteiger partial charge in [0.05, 0.1) is 0 Å². The van der Waals surface area contributed by atoms with Crippen LogP contribution in [-0.4, -0.2) is 5.91 Å². The van der Waals surface area contributed by atoms with Crippen LogP contribution in [0.2, 0.25) is 0 Å². The SMILES string of the molecule is CC(=O)Nc1ccccc1.CCCC.CCCCC(C)CC. The molecule has 1 N–H and O–H groups in total. The van der Waals surface area contributed by atoms with Crippen molar-refractivity contribution >= 4 is 11.6 Å². The Hall–Kier alpha value is -1.31. The van der Waals surface area contributed by atoms with Crippen molar-refractivity contribution in [2.24, 2.45) is 5.92 Å². The summed E-state index contributed by atoms with van der Waals surface area (Å²) < 4.78 is 0. The van der Waals surface area contributed by atoms with Crippen molar-refractivity contribution < 1.29 is 4.79 Å². The van der Waals surface area contributed by atoms with E-state index in [2.05, 4.69) is 39.9 Å². The van der Waals surface area contributed by atoms with E-state index in [1.165, 1.54) is 45.4 Å². The summed E-state index contributed by atoms with van der Waals surface area (Å²) in [4.78, 5) is 10.5. The summed E-state index contributed by atoms with van der Waals surface area (Å²) in [7, 11) is 0. The molecule has 128 valence electrons. The number of amides is 1. The van der Waals surface area contributed by atoms with Crippen LogP contribution in [-0.2, 0) is 4.79 Å². The first-order valence-electron chi connectivity index (χ1n) is 8.84. The summed E-state index contributed by atoms with van der Waals surface area (Å²) in [5.74, 6) is 0.918. The molecule has 0 spiro atoms. The number of hydrogen-bond donors (Lipinski definition) is 1. The molecule has 0 aliphatic rings. The van der Waals surface area contributed by atoms with E-state index in [-0.39, 0.29) is 5.91 Å². The minimum atomic E-state index is -0.0359. The number of para-hydroxylation sites is 1. The van der Waals surface area contributed by atoms with E-state index < -0.39 is 0 Å². The van der Waals surface area contributed by atoms with E-state index in [0.717, 1.165) is 11.6 Å². The van der Waals surface area contributed by atoms with E-state index in [4.69, 9.17) is 0 Å². The van der Waals surface area contributed by atoms with Crippen LogP contribution in [0, 0.1) is 5.92 Å². The molecule has 0 fully saturated rings. The molecule has 0 bridgehead atoms. The summed E-state index contributed by atoms with van der Waals surface area (Å²) in [6.45, 7) is 12.7. The Morgan fingerprint density at radius 2 is 1.55 bits per heavy atom. The Morgan fingerprint density at radius 1 is 1.00 bits per heavy atom. The Morgan fingerprint density at radius 3 is 1.91 bits per heavy atom. The second-order valence-electron chi connectivity index (χ2n) is 5.70. The number of unbranched alkanes of at least 4 members (excludes halogenated alkanes) is 2. The highest BCUT2D eigenvalue weighted by Gasteiger charge is 1.94. The maximum atomic E-state index is 10.5. The number of anilines is 1. The Balaban J connectivity index is 0. The van der Waals surface area contributed by atoms with Crippen LogP contribution in [0.5, 0.6) is 0 Å². The summed E-state index contributed by atoms with van der Waals surface area (Å²) in [5, 5.41) is 2.67. The number of hydrogen-bond acceptors (Lipinski definition) is 1. The van der Waals surface area contributed by atoms with E-state index in [0.29, 0.717) is 0 Å². The summed E-state index contributed by atoms with van der Waals surface area (Å²) >= 11 is 0. The number of rotatable bonds is 6. The van der Waals surface area contributed by atoms with Gasteiger partial charge in [-0.3, -0.25) is 4.79 Å². The number of benzene rings is 1. The van der Waals surface area contributed by atoms with Crippen molar-refractivity contribution in [3.05, 3.63) is 30.3 Å². The molecule has 1 atom stereocenters. The van der Waals surface area contributed by atoms with Gasteiger partial charge in [-0.25, -0.2) is 0 Å². The molecule has 22 heavy (non-hydrogen) atoms. The summed E-state index contributed by atoms with van der Waals surface area (Å²) in [6.07, 6.45) is 8.17. The quantitative estimate of drug-likeness (QED) is 0.624. The van der Waals surface area contributed by atoms with Gasteiger partial charge in [-0.05, 0) is 18.1 Å². The largest absolute Gasteiger partial charge is 0.326 e. The average Bonchev–Trinajstić information content (AvgIpc) is 2.53. The van der Waals surface area contributed by atoms with E-state index >= 15 is 0 Å². The first-order chi connectivity index (χ1) is 10.5. The predicted octanol–water partition coefficient (Wildman–Crippen LogP) is 6.67. The second-order valence-corrected chi connectivity index (χ2v) is 5.70. The van der Waals surface area contributed by atoms with Crippen LogP contribution < -0.4 is 5.32 Å². The fourth-order valence-electron chi connectivity index (χ4n) is 1.48. The minimum Gasteiger partial charge on any atom is -0.326 e. The molecule has 0 heterocycles. The lowest BCUT2D eigenvalue weighted by Crippen LogP contribution is -2.04. The molecule has 0 aliphatic heterocycles. The number of carbonyl (C=O) groups excluding carboxylic acids is 1. The highest BCUT2D eigenvalue weighted by molar-refractivity contribution is 5.88. The van der Waals surface area contributed by atoms with Gasteiger partial charge in [0, 0.05) is 12.6 Å². The van der Waals surface area contributed by atoms with Gasteiger partial charge in [0.15, 0.2) is 0 Å². The molecule has 0 saturated carbocycles. The molecule has 0 aliphatic carbocycles. The molecule has 1 amide bonds. The van der Waals surface area contributed by atoms with Crippen LogP contribution in [0.15, 0.2) is 30.3 Å². The first-order valence-corrected chi connectivity index (χ1v) is 8.84. The van der Waals surface area contributed by atoms with Gasteiger partial charge in [-0.1, -0.05) is 91.3 Å². The van der Waals surface area contributed by atoms with Gasteiger partial charge in [-0.2, -0.15) is 0 Å². The van der Waals surface area contributed by atoms with Crippen LogP contribution in [0.25, 0.3) is 0 Å². The molecule has 2 nitrogen and oxygen atoms in total. The van der Waals surface area contributed by atoms with Gasteiger partial charge in [0.1, 0.15) is 0 Å². The van der Waals surface area contributed by atoms with E-state index in [1.54, 1.807) is 0 Å². The molecular weight excluding hydrogens is 270 g/mol. The maximum absolute atomic E-state index is 10.5. The third kappa shape index (κ3) is 18.7. The predicted molar refractivity (Wildman–Crippen MR) is 100 cm³/mol.